The summed E-state index contributed by atoms with van der Waals surface area (Å²) >= 11 is 0. The van der Waals surface area contributed by atoms with Gasteiger partial charge in [-0.1, -0.05) is 218 Å². The Kier molecular flexibility index (Phi) is 10.1. The van der Waals surface area contributed by atoms with Gasteiger partial charge in [-0.05, 0) is 139 Å². The van der Waals surface area contributed by atoms with Gasteiger partial charge < -0.3 is 13.7 Å². The zero-order chi connectivity index (χ0) is 50.2. The fraction of sp³-hybridized carbons (Fsp3) is 0.0137. The van der Waals surface area contributed by atoms with Crippen LogP contribution in [0.15, 0.2) is 294 Å². The second-order valence-electron chi connectivity index (χ2n) is 19.9. The third-order valence-electron chi connectivity index (χ3n) is 15.8. The molecule has 2 aromatic heterocycles. The normalized spacial score (nSPS) is 12.6. The molecule has 0 unspecified atom stereocenters. The van der Waals surface area contributed by atoms with Crippen LogP contribution in [-0.2, 0) is 5.41 Å². The van der Waals surface area contributed by atoms with E-state index in [9.17, 15) is 0 Å². The minimum Gasteiger partial charge on any atom is -0.456 e. The highest BCUT2D eigenvalue weighted by atomic mass is 16.3. The van der Waals surface area contributed by atoms with E-state index in [1.54, 1.807) is 0 Å². The number of anilines is 3. The van der Waals surface area contributed by atoms with Crippen LogP contribution in [-0.4, -0.2) is 0 Å². The fourth-order valence-corrected chi connectivity index (χ4v) is 12.2. The predicted molar refractivity (Wildman–Crippen MR) is 315 cm³/mol. The summed E-state index contributed by atoms with van der Waals surface area (Å²) in [6, 6.07) is 103. The molecule has 0 amide bonds. The van der Waals surface area contributed by atoms with Gasteiger partial charge in [-0.15, -0.1) is 0 Å². The first kappa shape index (κ1) is 43.6. The van der Waals surface area contributed by atoms with Crippen LogP contribution >= 0.6 is 0 Å². The molecular formula is C73H47NO2. The van der Waals surface area contributed by atoms with Crippen molar-refractivity contribution in [2.45, 2.75) is 5.41 Å². The van der Waals surface area contributed by atoms with Crippen LogP contribution in [0, 0.1) is 0 Å². The maximum atomic E-state index is 6.48. The molecule has 0 saturated carbocycles. The molecule has 0 aliphatic heterocycles. The number of hydrogen-bond donors (Lipinski definition) is 0. The molecule has 0 spiro atoms. The molecule has 12 aromatic carbocycles. The highest BCUT2D eigenvalue weighted by Crippen LogP contribution is 2.57. The van der Waals surface area contributed by atoms with Crippen LogP contribution in [0.25, 0.3) is 99.5 Å². The maximum Gasteiger partial charge on any atom is 0.143 e. The molecule has 76 heavy (non-hydrogen) atoms. The molecule has 0 bridgehead atoms. The lowest BCUT2D eigenvalue weighted by atomic mass is 9.68. The Morgan fingerprint density at radius 1 is 0.250 bits per heavy atom. The molecule has 15 rings (SSSR count). The smallest absolute Gasteiger partial charge is 0.143 e. The van der Waals surface area contributed by atoms with E-state index < -0.39 is 5.41 Å². The van der Waals surface area contributed by atoms with Crippen molar-refractivity contribution < 1.29 is 8.83 Å². The van der Waals surface area contributed by atoms with Gasteiger partial charge in [0.2, 0.25) is 0 Å². The van der Waals surface area contributed by atoms with Gasteiger partial charge in [0.25, 0.3) is 0 Å². The van der Waals surface area contributed by atoms with Gasteiger partial charge in [0.05, 0.1) is 5.41 Å². The molecule has 14 aromatic rings. The van der Waals surface area contributed by atoms with Gasteiger partial charge in [-0.25, -0.2) is 0 Å². The van der Waals surface area contributed by atoms with Crippen LogP contribution < -0.4 is 4.90 Å². The van der Waals surface area contributed by atoms with Crippen molar-refractivity contribution in [1.82, 2.24) is 0 Å². The van der Waals surface area contributed by atoms with Crippen molar-refractivity contribution in [3.8, 4) is 55.6 Å². The topological polar surface area (TPSA) is 29.5 Å². The molecule has 1 aliphatic rings. The molecule has 0 radical (unpaired) electrons. The number of nitrogens with zero attached hydrogens (tertiary/aromatic N) is 1. The summed E-state index contributed by atoms with van der Waals surface area (Å²) in [5.41, 5.74) is 23.0. The third-order valence-corrected chi connectivity index (χ3v) is 15.8. The van der Waals surface area contributed by atoms with Gasteiger partial charge in [-0.2, -0.15) is 0 Å². The summed E-state index contributed by atoms with van der Waals surface area (Å²) in [6.45, 7) is 0. The molecule has 0 atom stereocenters. The summed E-state index contributed by atoms with van der Waals surface area (Å²) in [5, 5.41) is 4.53. The number of hydrogen-bond acceptors (Lipinski definition) is 3. The predicted octanol–water partition coefficient (Wildman–Crippen LogP) is 20.0. The molecule has 356 valence electrons. The second-order valence-corrected chi connectivity index (χ2v) is 19.9. The van der Waals surface area contributed by atoms with Gasteiger partial charge in [0, 0.05) is 44.2 Å². The van der Waals surface area contributed by atoms with E-state index in [0.29, 0.717) is 0 Å². The summed E-state index contributed by atoms with van der Waals surface area (Å²) < 4.78 is 12.6. The molecule has 1 aliphatic carbocycles. The van der Waals surface area contributed by atoms with Crippen LogP contribution in [0.4, 0.5) is 17.1 Å². The average Bonchev–Trinajstić information content (AvgIpc) is 4.31. The summed E-state index contributed by atoms with van der Waals surface area (Å²) in [7, 11) is 0. The standard InChI is InChI=1S/C73H47NO2/c1-3-17-55(18-4-1)73(56-19-5-2-6-20-56)67-26-10-7-21-61(67)65-47-59(42-43-68(65)73)74(57-38-33-49(34-39-57)48-29-31-50(32-30-48)53-37-44-71-66(46-53)63-23-9-11-27-69(63)75-71)58-40-35-51(36-41-58)52-15-13-16-54(45-52)60-24-14-25-64-62-22-8-12-28-70(62)76-72(60)64/h1-47H. The molecule has 2 heterocycles. The van der Waals surface area contributed by atoms with Crippen molar-refractivity contribution >= 4 is 60.9 Å². The Balaban J connectivity index is 0.822. The van der Waals surface area contributed by atoms with Crippen molar-refractivity contribution in [1.29, 1.82) is 0 Å². The van der Waals surface area contributed by atoms with E-state index >= 15 is 0 Å². The van der Waals surface area contributed by atoms with Crippen molar-refractivity contribution in [3.63, 3.8) is 0 Å². The molecule has 3 nitrogen and oxygen atoms in total. The van der Waals surface area contributed by atoms with E-state index in [2.05, 4.69) is 266 Å². The first-order valence-corrected chi connectivity index (χ1v) is 26.0. The molecular weight excluding hydrogens is 923 g/mol. The van der Waals surface area contributed by atoms with Crippen molar-refractivity contribution in [3.05, 3.63) is 307 Å². The number of rotatable bonds is 9. The van der Waals surface area contributed by atoms with E-state index in [1.807, 2.05) is 24.3 Å². The first-order chi connectivity index (χ1) is 37.7. The largest absolute Gasteiger partial charge is 0.456 e. The summed E-state index contributed by atoms with van der Waals surface area (Å²) in [6.07, 6.45) is 0. The van der Waals surface area contributed by atoms with Crippen molar-refractivity contribution in [2.24, 2.45) is 0 Å². The van der Waals surface area contributed by atoms with Crippen LogP contribution in [0.3, 0.4) is 0 Å². The van der Waals surface area contributed by atoms with Crippen molar-refractivity contribution in [2.75, 3.05) is 4.90 Å². The minimum atomic E-state index is -0.485. The fourth-order valence-electron chi connectivity index (χ4n) is 12.2. The number of para-hydroxylation sites is 3. The zero-order valence-corrected chi connectivity index (χ0v) is 41.4. The lowest BCUT2D eigenvalue weighted by Gasteiger charge is -2.34. The highest BCUT2D eigenvalue weighted by Gasteiger charge is 2.46. The van der Waals surface area contributed by atoms with E-state index in [-0.39, 0.29) is 0 Å². The first-order valence-electron chi connectivity index (χ1n) is 26.0. The van der Waals surface area contributed by atoms with Crippen LogP contribution in [0.1, 0.15) is 22.3 Å². The monoisotopic (exact) mass is 969 g/mol. The van der Waals surface area contributed by atoms with Gasteiger partial charge in [0.1, 0.15) is 22.3 Å². The minimum absolute atomic E-state index is 0.485. The van der Waals surface area contributed by atoms with Gasteiger partial charge in [-0.3, -0.25) is 0 Å². The molecule has 0 N–H and O–H groups in total. The lowest BCUT2D eigenvalue weighted by molar-refractivity contribution is 0.669. The molecule has 0 fully saturated rings. The lowest BCUT2D eigenvalue weighted by Crippen LogP contribution is -2.28. The Bertz CT molecular complexity index is 4450. The summed E-state index contributed by atoms with van der Waals surface area (Å²) in [4.78, 5) is 2.40. The Morgan fingerprint density at radius 3 is 1.39 bits per heavy atom. The van der Waals surface area contributed by atoms with Gasteiger partial charge >= 0.3 is 0 Å². The molecule has 3 heteroatoms. The zero-order valence-electron chi connectivity index (χ0n) is 41.4. The highest BCUT2D eigenvalue weighted by molar-refractivity contribution is 6.10. The van der Waals surface area contributed by atoms with E-state index in [0.717, 1.165) is 99.9 Å². The molecule has 0 saturated heterocycles. The SMILES string of the molecule is c1ccc(C2(c3ccccc3)c3ccccc3-c3cc(N(c4ccc(-c5ccc(-c6ccc7oc8ccccc8c7c6)cc5)cc4)c4ccc(-c5cccc(-c6cccc7c6oc6ccccc67)c5)cc4)ccc32)cc1. The quantitative estimate of drug-likeness (QED) is 0.144. The van der Waals surface area contributed by atoms with Crippen LogP contribution in [0.2, 0.25) is 0 Å². The second kappa shape index (κ2) is 17.6. The summed E-state index contributed by atoms with van der Waals surface area (Å²) in [5.74, 6) is 0. The third kappa shape index (κ3) is 6.97. The number of furan rings is 2. The van der Waals surface area contributed by atoms with E-state index in [4.69, 9.17) is 8.83 Å². The maximum absolute atomic E-state index is 6.48. The Morgan fingerprint density at radius 2 is 0.711 bits per heavy atom. The Hall–Kier alpha value is -9.96. The Labute approximate surface area is 440 Å². The average molecular weight is 970 g/mol. The van der Waals surface area contributed by atoms with Gasteiger partial charge in [0.15, 0.2) is 0 Å². The number of benzene rings is 12. The number of fused-ring (bicyclic) bond motifs is 9. The van der Waals surface area contributed by atoms with E-state index in [1.165, 1.54) is 38.9 Å². The van der Waals surface area contributed by atoms with Crippen LogP contribution in [0.5, 0.6) is 0 Å².